The van der Waals surface area contributed by atoms with Crippen LogP contribution in [0.1, 0.15) is 50.7 Å². The minimum atomic E-state index is 0.194. The number of thiazole rings is 1. The number of nitrogens with zero attached hydrogens (tertiary/aromatic N) is 1. The van der Waals surface area contributed by atoms with Gasteiger partial charge in [-0.3, -0.25) is 0 Å². The third-order valence-corrected chi connectivity index (χ3v) is 4.35. The van der Waals surface area contributed by atoms with E-state index in [0.29, 0.717) is 0 Å². The zero-order valence-electron chi connectivity index (χ0n) is 11.3. The highest BCUT2D eigenvalue weighted by atomic mass is 32.1. The summed E-state index contributed by atoms with van der Waals surface area (Å²) in [6.45, 7) is 9.09. The van der Waals surface area contributed by atoms with Crippen LogP contribution in [0.3, 0.4) is 0 Å². The van der Waals surface area contributed by atoms with E-state index in [0.717, 1.165) is 5.92 Å². The highest BCUT2D eigenvalue weighted by Crippen LogP contribution is 2.27. The van der Waals surface area contributed by atoms with Crippen LogP contribution >= 0.6 is 11.3 Å². The fourth-order valence-corrected chi connectivity index (χ4v) is 3.43. The van der Waals surface area contributed by atoms with Crippen molar-refractivity contribution in [3.63, 3.8) is 0 Å². The lowest BCUT2D eigenvalue weighted by atomic mass is 9.93. The van der Waals surface area contributed by atoms with E-state index in [-0.39, 0.29) is 5.41 Å². The van der Waals surface area contributed by atoms with Gasteiger partial charge in [-0.1, -0.05) is 20.8 Å². The Labute approximate surface area is 109 Å². The Balaban J connectivity index is 1.96. The van der Waals surface area contributed by atoms with E-state index in [4.69, 9.17) is 4.98 Å². The minimum Gasteiger partial charge on any atom is -0.317 e. The van der Waals surface area contributed by atoms with Gasteiger partial charge in [0.15, 0.2) is 0 Å². The molecule has 17 heavy (non-hydrogen) atoms. The Kier molecular flexibility index (Phi) is 4.21. The fourth-order valence-electron chi connectivity index (χ4n) is 2.29. The molecule has 2 rings (SSSR count). The van der Waals surface area contributed by atoms with Crippen molar-refractivity contribution in [2.45, 2.75) is 51.9 Å². The molecule has 0 aromatic carbocycles. The average Bonchev–Trinajstić information content (AvgIpc) is 2.56. The highest BCUT2D eigenvalue weighted by molar-refractivity contribution is 7.09. The Hall–Kier alpha value is -0.410. The quantitative estimate of drug-likeness (QED) is 0.873. The maximum atomic E-state index is 4.80. The summed E-state index contributed by atoms with van der Waals surface area (Å²) < 4.78 is 0. The summed E-state index contributed by atoms with van der Waals surface area (Å²) in [5.41, 5.74) is 1.45. The van der Waals surface area contributed by atoms with Crippen molar-refractivity contribution in [3.05, 3.63) is 16.1 Å². The van der Waals surface area contributed by atoms with E-state index in [1.165, 1.54) is 49.5 Å². The maximum Gasteiger partial charge on any atom is 0.0931 e. The molecule has 3 heteroatoms. The highest BCUT2D eigenvalue weighted by Gasteiger charge is 2.19. The second-order valence-electron chi connectivity index (χ2n) is 6.13. The minimum absolute atomic E-state index is 0.194. The number of aromatic nitrogens is 1. The van der Waals surface area contributed by atoms with Crippen LogP contribution in [-0.2, 0) is 11.8 Å². The van der Waals surface area contributed by atoms with Gasteiger partial charge in [0.1, 0.15) is 0 Å². The number of nitrogens with one attached hydrogen (secondary N) is 1. The smallest absolute Gasteiger partial charge is 0.0931 e. The molecule has 0 saturated carbocycles. The summed E-state index contributed by atoms with van der Waals surface area (Å²) >= 11 is 1.85. The second kappa shape index (κ2) is 5.49. The molecular formula is C14H24N2S. The van der Waals surface area contributed by atoms with Gasteiger partial charge in [0.2, 0.25) is 0 Å². The first-order valence-corrected chi connectivity index (χ1v) is 7.59. The molecule has 0 aliphatic carbocycles. The Morgan fingerprint density at radius 2 is 2.18 bits per heavy atom. The number of hydrogen-bond acceptors (Lipinski definition) is 3. The second-order valence-corrected chi connectivity index (χ2v) is 7.07. The van der Waals surface area contributed by atoms with Gasteiger partial charge in [-0.2, -0.15) is 0 Å². The fraction of sp³-hybridized carbons (Fsp3) is 0.786. The van der Waals surface area contributed by atoms with Gasteiger partial charge < -0.3 is 5.32 Å². The number of rotatable bonds is 2. The molecule has 0 radical (unpaired) electrons. The van der Waals surface area contributed by atoms with Crippen molar-refractivity contribution < 1.29 is 0 Å². The first kappa shape index (κ1) is 13.0. The topological polar surface area (TPSA) is 24.9 Å². The number of hydrogen-bond donors (Lipinski definition) is 1. The maximum absolute atomic E-state index is 4.80. The van der Waals surface area contributed by atoms with Crippen molar-refractivity contribution in [1.82, 2.24) is 10.3 Å². The van der Waals surface area contributed by atoms with Crippen molar-refractivity contribution in [1.29, 1.82) is 0 Å². The lowest BCUT2D eigenvalue weighted by Gasteiger charge is -2.15. The van der Waals surface area contributed by atoms with Gasteiger partial charge in [0, 0.05) is 17.2 Å². The van der Waals surface area contributed by atoms with Crippen LogP contribution in [0.4, 0.5) is 0 Å². The predicted molar refractivity (Wildman–Crippen MR) is 74.7 cm³/mol. The van der Waals surface area contributed by atoms with Crippen LogP contribution in [-0.4, -0.2) is 18.1 Å². The van der Waals surface area contributed by atoms with E-state index >= 15 is 0 Å². The molecule has 1 aromatic rings. The molecule has 1 aliphatic rings. The predicted octanol–water partition coefficient (Wildman–Crippen LogP) is 3.37. The normalized spacial score (nSPS) is 22.4. The van der Waals surface area contributed by atoms with E-state index in [1.54, 1.807) is 0 Å². The van der Waals surface area contributed by atoms with Gasteiger partial charge in [-0.15, -0.1) is 11.3 Å². The van der Waals surface area contributed by atoms with Crippen LogP contribution in [0.5, 0.6) is 0 Å². The summed E-state index contributed by atoms with van der Waals surface area (Å²) in [7, 11) is 0. The molecule has 2 heterocycles. The van der Waals surface area contributed by atoms with Crippen molar-refractivity contribution in [2.24, 2.45) is 5.92 Å². The lowest BCUT2D eigenvalue weighted by molar-refractivity contribution is 0.467. The van der Waals surface area contributed by atoms with Gasteiger partial charge in [-0.05, 0) is 38.3 Å². The molecule has 1 aliphatic heterocycles. The Morgan fingerprint density at radius 1 is 1.35 bits per heavy atom. The summed E-state index contributed by atoms with van der Waals surface area (Å²) in [6.07, 6.45) is 5.17. The van der Waals surface area contributed by atoms with Gasteiger partial charge in [0.25, 0.3) is 0 Å². The summed E-state index contributed by atoms with van der Waals surface area (Å²) in [5.74, 6) is 0.837. The van der Waals surface area contributed by atoms with Gasteiger partial charge in [0.05, 0.1) is 10.7 Å². The van der Waals surface area contributed by atoms with Crippen LogP contribution < -0.4 is 5.32 Å². The first-order chi connectivity index (χ1) is 8.05. The van der Waals surface area contributed by atoms with Crippen LogP contribution in [0.25, 0.3) is 0 Å². The summed E-state index contributed by atoms with van der Waals surface area (Å²) in [6, 6.07) is 0. The standard InChI is InChI=1S/C14H24N2S/c1-14(2,3)12-10-17-13(16-12)9-11-5-4-7-15-8-6-11/h10-11,15H,4-9H2,1-3H3. The van der Waals surface area contributed by atoms with E-state index in [1.807, 2.05) is 11.3 Å². The largest absolute Gasteiger partial charge is 0.317 e. The van der Waals surface area contributed by atoms with E-state index in [2.05, 4.69) is 31.5 Å². The van der Waals surface area contributed by atoms with E-state index < -0.39 is 0 Å². The molecule has 1 unspecified atom stereocenters. The SMILES string of the molecule is CC(C)(C)c1csc(CC2CCCNCC2)n1. The summed E-state index contributed by atoms with van der Waals surface area (Å²) in [4.78, 5) is 4.80. The molecule has 1 aromatic heterocycles. The van der Waals surface area contributed by atoms with Crippen molar-refractivity contribution >= 4 is 11.3 Å². The molecule has 0 amide bonds. The molecule has 1 fully saturated rings. The lowest BCUT2D eigenvalue weighted by Crippen LogP contribution is -2.14. The van der Waals surface area contributed by atoms with Gasteiger partial charge in [-0.25, -0.2) is 4.98 Å². The Bertz CT molecular complexity index is 343. The molecule has 1 atom stereocenters. The molecule has 2 nitrogen and oxygen atoms in total. The Morgan fingerprint density at radius 3 is 2.88 bits per heavy atom. The first-order valence-electron chi connectivity index (χ1n) is 6.71. The molecule has 1 saturated heterocycles. The third kappa shape index (κ3) is 3.78. The average molecular weight is 252 g/mol. The zero-order chi connectivity index (χ0) is 12.3. The summed E-state index contributed by atoms with van der Waals surface area (Å²) in [5, 5.41) is 7.05. The van der Waals surface area contributed by atoms with Crippen LogP contribution in [0, 0.1) is 5.92 Å². The monoisotopic (exact) mass is 252 g/mol. The van der Waals surface area contributed by atoms with Gasteiger partial charge >= 0.3 is 0 Å². The van der Waals surface area contributed by atoms with E-state index in [9.17, 15) is 0 Å². The van der Waals surface area contributed by atoms with Crippen LogP contribution in [0.2, 0.25) is 0 Å². The molecular weight excluding hydrogens is 228 g/mol. The third-order valence-electron chi connectivity index (χ3n) is 3.48. The molecule has 1 N–H and O–H groups in total. The van der Waals surface area contributed by atoms with Crippen LogP contribution in [0.15, 0.2) is 5.38 Å². The van der Waals surface area contributed by atoms with Crippen molar-refractivity contribution in [2.75, 3.05) is 13.1 Å². The van der Waals surface area contributed by atoms with Crippen molar-refractivity contribution in [3.8, 4) is 0 Å². The zero-order valence-corrected chi connectivity index (χ0v) is 12.1. The molecule has 0 spiro atoms. The molecule has 96 valence electrons. The molecule has 0 bridgehead atoms.